The predicted octanol–water partition coefficient (Wildman–Crippen LogP) is 0.883. The van der Waals surface area contributed by atoms with Crippen LogP contribution < -0.4 is 0 Å². The number of aliphatic hydroxyl groups is 2. The molecule has 0 heterocycles. The van der Waals surface area contributed by atoms with Crippen molar-refractivity contribution in [2.24, 2.45) is 0 Å². The van der Waals surface area contributed by atoms with Gasteiger partial charge in [0.25, 0.3) is 0 Å². The molecule has 0 aromatic heterocycles. The van der Waals surface area contributed by atoms with Crippen LogP contribution in [0.4, 0.5) is 0 Å². The van der Waals surface area contributed by atoms with Crippen molar-refractivity contribution in [2.75, 3.05) is 0 Å². The van der Waals surface area contributed by atoms with Crippen molar-refractivity contribution in [3.05, 3.63) is 0 Å². The number of rotatable bonds is 1. The summed E-state index contributed by atoms with van der Waals surface area (Å²) in [5, 5.41) is 16.9. The summed E-state index contributed by atoms with van der Waals surface area (Å²) in [6.07, 6.45) is -1.23. The molecule has 7 heavy (non-hydrogen) atoms. The van der Waals surface area contributed by atoms with Crippen LogP contribution in [0.15, 0.2) is 0 Å². The quantitative estimate of drug-likeness (QED) is 0.426. The van der Waals surface area contributed by atoms with E-state index >= 15 is 0 Å². The van der Waals surface area contributed by atoms with Crippen LogP contribution in [-0.2, 0) is 0 Å². The first-order valence-corrected chi connectivity index (χ1v) is 3.84. The smallest absolute Gasteiger partial charge is 0.175 e. The van der Waals surface area contributed by atoms with Gasteiger partial charge < -0.3 is 10.2 Å². The van der Waals surface area contributed by atoms with Crippen LogP contribution in [0.2, 0.25) is 0 Å². The topological polar surface area (TPSA) is 40.5 Å². The molecule has 0 aromatic rings. The minimum Gasteiger partial charge on any atom is -0.366 e. The molecule has 0 rings (SSSR count). The summed E-state index contributed by atoms with van der Waals surface area (Å²) in [7, 11) is 0. The third-order valence-electron chi connectivity index (χ3n) is 0.453. The fraction of sp³-hybridized carbons (Fsp3) is 1.00. The SMILES string of the molecule is CC(I)(I)C(O)O. The van der Waals surface area contributed by atoms with Crippen molar-refractivity contribution in [3.8, 4) is 0 Å². The average molecular weight is 328 g/mol. The van der Waals surface area contributed by atoms with Gasteiger partial charge in [0.2, 0.25) is 0 Å². The fourth-order valence-electron chi connectivity index (χ4n) is 0. The van der Waals surface area contributed by atoms with E-state index in [1.54, 1.807) is 6.92 Å². The Labute approximate surface area is 69.6 Å². The number of hydrogen-bond acceptors (Lipinski definition) is 2. The lowest BCUT2D eigenvalue weighted by atomic mass is 10.5. The second kappa shape index (κ2) is 2.79. The lowest BCUT2D eigenvalue weighted by Crippen LogP contribution is -2.24. The van der Waals surface area contributed by atoms with E-state index in [9.17, 15) is 0 Å². The Hall–Kier alpha value is 1.38. The molecule has 0 saturated carbocycles. The van der Waals surface area contributed by atoms with Gasteiger partial charge in [-0.15, -0.1) is 0 Å². The van der Waals surface area contributed by atoms with E-state index in [4.69, 9.17) is 10.2 Å². The zero-order chi connectivity index (χ0) is 6.08. The molecule has 44 valence electrons. The van der Waals surface area contributed by atoms with Crippen molar-refractivity contribution in [3.63, 3.8) is 0 Å². The van der Waals surface area contributed by atoms with E-state index in [1.165, 1.54) is 0 Å². The van der Waals surface area contributed by atoms with E-state index in [-0.39, 0.29) is 0 Å². The Bertz CT molecular complexity index is 56.4. The number of alkyl halides is 2. The number of aliphatic hydroxyl groups excluding tert-OH is 1. The molecule has 0 amide bonds. The molecular weight excluding hydrogens is 322 g/mol. The molecule has 0 spiro atoms. The molecule has 0 aromatic carbocycles. The van der Waals surface area contributed by atoms with Gasteiger partial charge in [-0.1, -0.05) is 45.2 Å². The molecule has 0 aliphatic carbocycles. The van der Waals surface area contributed by atoms with Crippen LogP contribution in [0.5, 0.6) is 0 Å². The maximum atomic E-state index is 8.43. The van der Waals surface area contributed by atoms with E-state index in [2.05, 4.69) is 0 Å². The fourth-order valence-corrected chi connectivity index (χ4v) is 0. The highest BCUT2D eigenvalue weighted by atomic mass is 127. The Morgan fingerprint density at radius 1 is 1.43 bits per heavy atom. The van der Waals surface area contributed by atoms with Crippen molar-refractivity contribution in [2.45, 2.75) is 14.6 Å². The molecule has 0 saturated heterocycles. The highest BCUT2D eigenvalue weighted by Gasteiger charge is 2.23. The molecule has 0 unspecified atom stereocenters. The largest absolute Gasteiger partial charge is 0.366 e. The van der Waals surface area contributed by atoms with Crippen molar-refractivity contribution < 1.29 is 10.2 Å². The molecule has 2 nitrogen and oxygen atoms in total. The standard InChI is InChI=1S/C3H6I2O2/c1-3(4,5)2(6)7/h2,6-7H,1H3. The van der Waals surface area contributed by atoms with Crippen LogP contribution in [-0.4, -0.2) is 17.9 Å². The second-order valence-electron chi connectivity index (χ2n) is 1.33. The van der Waals surface area contributed by atoms with Gasteiger partial charge in [0.15, 0.2) is 6.29 Å². The number of halogens is 2. The van der Waals surface area contributed by atoms with E-state index < -0.39 is 7.72 Å². The summed E-state index contributed by atoms with van der Waals surface area (Å²) < 4.78 is -0.449. The van der Waals surface area contributed by atoms with Crippen molar-refractivity contribution in [1.82, 2.24) is 0 Å². The monoisotopic (exact) mass is 328 g/mol. The normalized spacial score (nSPS) is 12.9. The summed E-state index contributed by atoms with van der Waals surface area (Å²) >= 11 is 3.91. The lowest BCUT2D eigenvalue weighted by Gasteiger charge is -2.15. The second-order valence-corrected chi connectivity index (χ2v) is 7.88. The Morgan fingerprint density at radius 2 is 1.57 bits per heavy atom. The third-order valence-corrected chi connectivity index (χ3v) is 1.57. The molecule has 0 aliphatic heterocycles. The highest BCUT2D eigenvalue weighted by molar-refractivity contribution is 14.2. The summed E-state index contributed by atoms with van der Waals surface area (Å²) in [6, 6.07) is 0. The molecule has 0 aliphatic rings. The summed E-state index contributed by atoms with van der Waals surface area (Å²) in [4.78, 5) is 0. The molecular formula is C3H6I2O2. The van der Waals surface area contributed by atoms with Gasteiger partial charge in [-0.3, -0.25) is 0 Å². The highest BCUT2D eigenvalue weighted by Crippen LogP contribution is 2.28. The molecule has 0 bridgehead atoms. The van der Waals surface area contributed by atoms with Gasteiger partial charge in [-0.25, -0.2) is 0 Å². The van der Waals surface area contributed by atoms with Crippen LogP contribution in [0.3, 0.4) is 0 Å². The van der Waals surface area contributed by atoms with E-state index in [1.807, 2.05) is 45.2 Å². The van der Waals surface area contributed by atoms with Crippen molar-refractivity contribution in [1.29, 1.82) is 0 Å². The summed E-state index contributed by atoms with van der Waals surface area (Å²) in [5.41, 5.74) is 0. The van der Waals surface area contributed by atoms with Crippen LogP contribution in [0.25, 0.3) is 0 Å². The minimum absolute atomic E-state index is 0.449. The van der Waals surface area contributed by atoms with Gasteiger partial charge >= 0.3 is 0 Å². The molecule has 0 fully saturated rings. The zero-order valence-electron chi connectivity index (χ0n) is 3.73. The minimum atomic E-state index is -1.23. The molecule has 0 radical (unpaired) electrons. The first kappa shape index (κ1) is 8.38. The first-order chi connectivity index (χ1) is 2.94. The average Bonchev–Trinajstić information content (AvgIpc) is 1.31. The van der Waals surface area contributed by atoms with Crippen LogP contribution in [0, 0.1) is 0 Å². The van der Waals surface area contributed by atoms with E-state index in [0.29, 0.717) is 0 Å². The van der Waals surface area contributed by atoms with Gasteiger partial charge in [0.1, 0.15) is 1.43 Å². The van der Waals surface area contributed by atoms with E-state index in [0.717, 1.165) is 0 Å². The lowest BCUT2D eigenvalue weighted by molar-refractivity contribution is -0.0368. The van der Waals surface area contributed by atoms with Crippen molar-refractivity contribution >= 4 is 45.2 Å². The predicted molar refractivity (Wildman–Crippen MR) is 44.7 cm³/mol. The number of hydrogen-bond donors (Lipinski definition) is 2. The van der Waals surface area contributed by atoms with Gasteiger partial charge in [-0.2, -0.15) is 0 Å². The molecule has 2 N–H and O–H groups in total. The van der Waals surface area contributed by atoms with Gasteiger partial charge in [-0.05, 0) is 6.92 Å². The maximum absolute atomic E-state index is 8.43. The maximum Gasteiger partial charge on any atom is 0.175 e. The van der Waals surface area contributed by atoms with Crippen LogP contribution >= 0.6 is 45.2 Å². The summed E-state index contributed by atoms with van der Waals surface area (Å²) in [6.45, 7) is 1.73. The van der Waals surface area contributed by atoms with Gasteiger partial charge in [0.05, 0.1) is 0 Å². The first-order valence-electron chi connectivity index (χ1n) is 1.68. The summed E-state index contributed by atoms with van der Waals surface area (Å²) in [5.74, 6) is 0. The van der Waals surface area contributed by atoms with Crippen LogP contribution in [0.1, 0.15) is 6.92 Å². The Kier molecular flexibility index (Phi) is 3.34. The zero-order valence-corrected chi connectivity index (χ0v) is 8.04. The Morgan fingerprint density at radius 3 is 1.57 bits per heavy atom. The molecule has 0 atom stereocenters. The Balaban J connectivity index is 3.54. The molecule has 4 heteroatoms. The van der Waals surface area contributed by atoms with Gasteiger partial charge in [0, 0.05) is 0 Å². The third kappa shape index (κ3) is 3.92.